The molecular formula is C12H11BrN2O4. The lowest BCUT2D eigenvalue weighted by Crippen LogP contribution is -2.26. The largest absolute Gasteiger partial charge is 0.506 e. The van der Waals surface area contributed by atoms with Crippen molar-refractivity contribution >= 4 is 32.9 Å². The Morgan fingerprint density at radius 2 is 2.26 bits per heavy atom. The Hall–Kier alpha value is -1.89. The van der Waals surface area contributed by atoms with Gasteiger partial charge in [0.2, 0.25) is 0 Å². The van der Waals surface area contributed by atoms with Gasteiger partial charge in [-0.05, 0) is 28.9 Å². The van der Waals surface area contributed by atoms with Crippen molar-refractivity contribution in [3.63, 3.8) is 0 Å². The molecule has 0 amide bonds. The monoisotopic (exact) mass is 326 g/mol. The predicted molar refractivity (Wildman–Crippen MR) is 72.3 cm³/mol. The van der Waals surface area contributed by atoms with E-state index in [-0.39, 0.29) is 12.2 Å². The van der Waals surface area contributed by atoms with Gasteiger partial charge in [-0.25, -0.2) is 9.78 Å². The normalized spacial score (nSPS) is 10.7. The van der Waals surface area contributed by atoms with Crippen molar-refractivity contribution in [3.05, 3.63) is 32.7 Å². The number of carbonyl (C=O) groups is 1. The molecule has 0 saturated carbocycles. The van der Waals surface area contributed by atoms with Crippen LogP contribution in [0.1, 0.15) is 17.3 Å². The SMILES string of the molecule is CCOC(=O)c1c(O)c2cc(Br)cnc2n(C)c1=O. The molecule has 0 aliphatic rings. The number of carbonyl (C=O) groups excluding carboxylic acids is 1. The minimum Gasteiger partial charge on any atom is -0.506 e. The molecule has 0 aromatic carbocycles. The van der Waals surface area contributed by atoms with Crippen molar-refractivity contribution in [1.29, 1.82) is 0 Å². The highest BCUT2D eigenvalue weighted by Crippen LogP contribution is 2.27. The van der Waals surface area contributed by atoms with Crippen molar-refractivity contribution in [1.82, 2.24) is 9.55 Å². The van der Waals surface area contributed by atoms with E-state index in [1.165, 1.54) is 17.8 Å². The van der Waals surface area contributed by atoms with Crippen molar-refractivity contribution < 1.29 is 14.6 Å². The highest BCUT2D eigenvalue weighted by atomic mass is 79.9. The van der Waals surface area contributed by atoms with Crippen LogP contribution in [0.25, 0.3) is 11.0 Å². The molecule has 19 heavy (non-hydrogen) atoms. The summed E-state index contributed by atoms with van der Waals surface area (Å²) < 4.78 is 6.61. The van der Waals surface area contributed by atoms with Gasteiger partial charge in [0.1, 0.15) is 11.4 Å². The van der Waals surface area contributed by atoms with Gasteiger partial charge in [-0.2, -0.15) is 0 Å². The average molecular weight is 327 g/mol. The molecule has 2 aromatic rings. The van der Waals surface area contributed by atoms with Gasteiger partial charge in [0.25, 0.3) is 5.56 Å². The first kappa shape index (κ1) is 13.5. The molecule has 0 bridgehead atoms. The molecule has 1 N–H and O–H groups in total. The molecule has 6 nitrogen and oxygen atoms in total. The minimum atomic E-state index is -0.845. The number of aromatic hydroxyl groups is 1. The third-order valence-corrected chi connectivity index (χ3v) is 3.07. The van der Waals surface area contributed by atoms with E-state index in [1.807, 2.05) is 0 Å². The van der Waals surface area contributed by atoms with E-state index < -0.39 is 17.3 Å². The summed E-state index contributed by atoms with van der Waals surface area (Å²) in [5.74, 6) is -1.26. The second kappa shape index (κ2) is 5.00. The number of esters is 1. The van der Waals surface area contributed by atoms with Gasteiger partial charge in [0.15, 0.2) is 5.56 Å². The summed E-state index contributed by atoms with van der Waals surface area (Å²) in [6.45, 7) is 1.74. The van der Waals surface area contributed by atoms with Crippen LogP contribution in [0.15, 0.2) is 21.5 Å². The topological polar surface area (TPSA) is 81.4 Å². The van der Waals surface area contributed by atoms with Gasteiger partial charge >= 0.3 is 5.97 Å². The van der Waals surface area contributed by atoms with E-state index in [4.69, 9.17) is 4.74 Å². The maximum Gasteiger partial charge on any atom is 0.347 e. The van der Waals surface area contributed by atoms with Crippen LogP contribution in [-0.2, 0) is 11.8 Å². The molecule has 2 heterocycles. The smallest absolute Gasteiger partial charge is 0.347 e. The fraction of sp³-hybridized carbons (Fsp3) is 0.250. The first-order valence-electron chi connectivity index (χ1n) is 5.51. The average Bonchev–Trinajstić information content (AvgIpc) is 2.36. The number of pyridine rings is 2. The summed E-state index contributed by atoms with van der Waals surface area (Å²) in [5.41, 5.74) is -0.728. The lowest BCUT2D eigenvalue weighted by molar-refractivity contribution is 0.0520. The molecule has 0 aliphatic carbocycles. The second-order valence-corrected chi connectivity index (χ2v) is 4.75. The van der Waals surface area contributed by atoms with Crippen LogP contribution in [0.3, 0.4) is 0 Å². The van der Waals surface area contributed by atoms with E-state index in [1.54, 1.807) is 13.0 Å². The molecule has 0 atom stereocenters. The van der Waals surface area contributed by atoms with Crippen LogP contribution in [0.4, 0.5) is 0 Å². The van der Waals surface area contributed by atoms with Gasteiger partial charge < -0.3 is 9.84 Å². The third kappa shape index (κ3) is 2.21. The van der Waals surface area contributed by atoms with Crippen LogP contribution in [0.2, 0.25) is 0 Å². The molecule has 7 heteroatoms. The molecule has 0 saturated heterocycles. The van der Waals surface area contributed by atoms with Crippen molar-refractivity contribution in [3.8, 4) is 5.75 Å². The molecular weight excluding hydrogens is 316 g/mol. The third-order valence-electron chi connectivity index (χ3n) is 2.64. The number of ether oxygens (including phenoxy) is 1. The summed E-state index contributed by atoms with van der Waals surface area (Å²) in [6.07, 6.45) is 1.51. The van der Waals surface area contributed by atoms with Crippen molar-refractivity contribution in [2.24, 2.45) is 7.05 Å². The Labute approximate surface area is 116 Å². The molecule has 0 fully saturated rings. The number of hydrogen-bond acceptors (Lipinski definition) is 5. The first-order valence-corrected chi connectivity index (χ1v) is 6.31. The molecule has 100 valence electrons. The fourth-order valence-corrected chi connectivity index (χ4v) is 2.09. The molecule has 0 radical (unpaired) electrons. The fourth-order valence-electron chi connectivity index (χ4n) is 1.76. The molecule has 0 aliphatic heterocycles. The maximum absolute atomic E-state index is 12.1. The van der Waals surface area contributed by atoms with Gasteiger partial charge in [-0.1, -0.05) is 0 Å². The van der Waals surface area contributed by atoms with Crippen molar-refractivity contribution in [2.75, 3.05) is 6.61 Å². The summed E-state index contributed by atoms with van der Waals surface area (Å²) in [7, 11) is 1.48. The zero-order valence-corrected chi connectivity index (χ0v) is 11.9. The van der Waals surface area contributed by atoms with E-state index >= 15 is 0 Å². The van der Waals surface area contributed by atoms with Gasteiger partial charge in [0, 0.05) is 17.7 Å². The first-order chi connectivity index (χ1) is 8.97. The van der Waals surface area contributed by atoms with Crippen LogP contribution in [0.5, 0.6) is 5.75 Å². The summed E-state index contributed by atoms with van der Waals surface area (Å²) >= 11 is 3.22. The maximum atomic E-state index is 12.1. The van der Waals surface area contributed by atoms with Crippen LogP contribution >= 0.6 is 15.9 Å². The summed E-state index contributed by atoms with van der Waals surface area (Å²) in [6, 6.07) is 1.58. The number of fused-ring (bicyclic) bond motifs is 1. The van der Waals surface area contributed by atoms with Crippen LogP contribution < -0.4 is 5.56 Å². The minimum absolute atomic E-state index is 0.121. The Balaban J connectivity index is 2.86. The summed E-state index contributed by atoms with van der Waals surface area (Å²) in [5, 5.41) is 10.4. The lowest BCUT2D eigenvalue weighted by atomic mass is 10.1. The standard InChI is InChI=1S/C12H11BrN2O4/c1-3-19-12(18)8-9(16)7-4-6(13)5-14-10(7)15(2)11(8)17/h4-5,16H,3H2,1-2H3. The van der Waals surface area contributed by atoms with Crippen LogP contribution in [-0.4, -0.2) is 27.2 Å². The quantitative estimate of drug-likeness (QED) is 0.847. The number of aryl methyl sites for hydroxylation is 1. The van der Waals surface area contributed by atoms with Gasteiger partial charge in [0.05, 0.1) is 12.0 Å². The Kier molecular flexibility index (Phi) is 3.57. The number of nitrogens with zero attached hydrogens (tertiary/aromatic N) is 2. The highest BCUT2D eigenvalue weighted by Gasteiger charge is 2.22. The van der Waals surface area contributed by atoms with Crippen molar-refractivity contribution in [2.45, 2.75) is 6.92 Å². The highest BCUT2D eigenvalue weighted by molar-refractivity contribution is 9.10. The van der Waals surface area contributed by atoms with Gasteiger partial charge in [-0.15, -0.1) is 0 Å². The Bertz CT molecular complexity index is 724. The van der Waals surface area contributed by atoms with E-state index in [0.29, 0.717) is 15.5 Å². The molecule has 2 rings (SSSR count). The number of aromatic nitrogens is 2. The molecule has 0 spiro atoms. The van der Waals surface area contributed by atoms with Crippen LogP contribution in [0, 0.1) is 0 Å². The summed E-state index contributed by atoms with van der Waals surface area (Å²) in [4.78, 5) is 27.8. The Morgan fingerprint density at radius 3 is 2.89 bits per heavy atom. The van der Waals surface area contributed by atoms with E-state index in [0.717, 1.165) is 0 Å². The lowest BCUT2D eigenvalue weighted by Gasteiger charge is -2.10. The zero-order chi connectivity index (χ0) is 14.2. The number of halogens is 1. The Morgan fingerprint density at radius 1 is 1.58 bits per heavy atom. The zero-order valence-electron chi connectivity index (χ0n) is 10.3. The molecule has 2 aromatic heterocycles. The van der Waals surface area contributed by atoms with Gasteiger partial charge in [-0.3, -0.25) is 9.36 Å². The van der Waals surface area contributed by atoms with E-state index in [2.05, 4.69) is 20.9 Å². The second-order valence-electron chi connectivity index (χ2n) is 3.83. The number of rotatable bonds is 2. The van der Waals surface area contributed by atoms with E-state index in [9.17, 15) is 14.7 Å². The number of hydrogen-bond donors (Lipinski definition) is 1. The molecule has 0 unspecified atom stereocenters. The predicted octanol–water partition coefficient (Wildman–Crippen LogP) is 1.58.